The van der Waals surface area contributed by atoms with Crippen LogP contribution in [0.3, 0.4) is 0 Å². The SMILES string of the molecule is CCCCC(C)(CCCO)CCCCO. The molecule has 1 unspecified atom stereocenters. The predicted octanol–water partition coefficient (Wildman–Crippen LogP) is 3.12. The van der Waals surface area contributed by atoms with Crippen LogP contribution in [0, 0.1) is 5.41 Å². The van der Waals surface area contributed by atoms with Crippen LogP contribution >= 0.6 is 0 Å². The third-order valence-electron chi connectivity index (χ3n) is 3.26. The highest BCUT2D eigenvalue weighted by Crippen LogP contribution is 2.35. The van der Waals surface area contributed by atoms with E-state index in [-0.39, 0.29) is 0 Å². The fourth-order valence-corrected chi connectivity index (χ4v) is 2.15. The highest BCUT2D eigenvalue weighted by molar-refractivity contribution is 4.74. The van der Waals surface area contributed by atoms with Gasteiger partial charge in [-0.25, -0.2) is 0 Å². The maximum absolute atomic E-state index is 8.89. The van der Waals surface area contributed by atoms with Crippen LogP contribution < -0.4 is 0 Å². The fourth-order valence-electron chi connectivity index (χ4n) is 2.15. The maximum Gasteiger partial charge on any atom is 0.0431 e. The summed E-state index contributed by atoms with van der Waals surface area (Å²) in [6, 6.07) is 0. The van der Waals surface area contributed by atoms with Gasteiger partial charge in [0.05, 0.1) is 0 Å². The van der Waals surface area contributed by atoms with Crippen molar-refractivity contribution in [1.29, 1.82) is 0 Å². The van der Waals surface area contributed by atoms with Crippen LogP contribution in [-0.2, 0) is 0 Å². The van der Waals surface area contributed by atoms with Gasteiger partial charge in [0.25, 0.3) is 0 Å². The van der Waals surface area contributed by atoms with Crippen molar-refractivity contribution in [1.82, 2.24) is 0 Å². The molecule has 0 rings (SSSR count). The third-order valence-corrected chi connectivity index (χ3v) is 3.26. The van der Waals surface area contributed by atoms with Crippen molar-refractivity contribution in [3.63, 3.8) is 0 Å². The summed E-state index contributed by atoms with van der Waals surface area (Å²) in [5, 5.41) is 17.7. The number of hydrogen-bond donors (Lipinski definition) is 2. The Labute approximate surface area is 94.7 Å². The third kappa shape index (κ3) is 7.80. The van der Waals surface area contributed by atoms with Crippen molar-refractivity contribution in [2.45, 2.75) is 65.2 Å². The summed E-state index contributed by atoms with van der Waals surface area (Å²) in [6.45, 7) is 5.17. The Bertz CT molecular complexity index is 126. The molecule has 2 N–H and O–H groups in total. The lowest BCUT2D eigenvalue weighted by Crippen LogP contribution is -2.17. The first-order chi connectivity index (χ1) is 7.18. The standard InChI is InChI=1S/C13H28O2/c1-3-4-8-13(2,10-7-12-15)9-5-6-11-14/h14-15H,3-12H2,1-2H3. The van der Waals surface area contributed by atoms with Crippen LogP contribution in [0.15, 0.2) is 0 Å². The molecule has 0 aliphatic carbocycles. The summed E-state index contributed by atoms with van der Waals surface area (Å²) >= 11 is 0. The summed E-state index contributed by atoms with van der Waals surface area (Å²) in [5.41, 5.74) is 0.383. The second-order valence-corrected chi connectivity index (χ2v) is 4.92. The maximum atomic E-state index is 8.89. The lowest BCUT2D eigenvalue weighted by Gasteiger charge is -2.29. The van der Waals surface area contributed by atoms with Gasteiger partial charge in [0, 0.05) is 13.2 Å². The van der Waals surface area contributed by atoms with E-state index in [4.69, 9.17) is 10.2 Å². The van der Waals surface area contributed by atoms with Crippen molar-refractivity contribution in [2.75, 3.05) is 13.2 Å². The van der Waals surface area contributed by atoms with Gasteiger partial charge in [-0.05, 0) is 37.5 Å². The van der Waals surface area contributed by atoms with Crippen LogP contribution in [0.1, 0.15) is 65.2 Å². The summed E-state index contributed by atoms with van der Waals surface area (Å²) < 4.78 is 0. The smallest absolute Gasteiger partial charge is 0.0431 e. The number of rotatable bonds is 10. The van der Waals surface area contributed by atoms with Crippen molar-refractivity contribution in [3.8, 4) is 0 Å². The molecule has 2 nitrogen and oxygen atoms in total. The van der Waals surface area contributed by atoms with E-state index >= 15 is 0 Å². The zero-order chi connectivity index (χ0) is 11.6. The molecule has 0 saturated heterocycles. The Morgan fingerprint density at radius 2 is 1.33 bits per heavy atom. The monoisotopic (exact) mass is 216 g/mol. The van der Waals surface area contributed by atoms with Crippen molar-refractivity contribution < 1.29 is 10.2 Å². The molecule has 0 fully saturated rings. The molecule has 0 amide bonds. The number of aliphatic hydroxyl groups excluding tert-OH is 2. The lowest BCUT2D eigenvalue weighted by molar-refractivity contribution is 0.189. The summed E-state index contributed by atoms with van der Waals surface area (Å²) in [5.74, 6) is 0. The molecule has 0 aliphatic rings. The van der Waals surface area contributed by atoms with E-state index in [1.165, 1.54) is 25.7 Å². The second-order valence-electron chi connectivity index (χ2n) is 4.92. The zero-order valence-corrected chi connectivity index (χ0v) is 10.5. The van der Waals surface area contributed by atoms with Gasteiger partial charge < -0.3 is 10.2 Å². The molecule has 1 atom stereocenters. The Morgan fingerprint density at radius 3 is 1.87 bits per heavy atom. The van der Waals surface area contributed by atoms with Gasteiger partial charge in [-0.2, -0.15) is 0 Å². The van der Waals surface area contributed by atoms with Crippen LogP contribution in [0.4, 0.5) is 0 Å². The van der Waals surface area contributed by atoms with Crippen molar-refractivity contribution >= 4 is 0 Å². The fraction of sp³-hybridized carbons (Fsp3) is 1.00. The molecule has 0 aromatic heterocycles. The zero-order valence-electron chi connectivity index (χ0n) is 10.5. The van der Waals surface area contributed by atoms with E-state index in [0.29, 0.717) is 18.6 Å². The number of aliphatic hydroxyl groups is 2. The topological polar surface area (TPSA) is 40.5 Å². The minimum absolute atomic E-state index is 0.307. The molecular formula is C13H28O2. The van der Waals surface area contributed by atoms with Gasteiger partial charge in [0.1, 0.15) is 0 Å². The van der Waals surface area contributed by atoms with Gasteiger partial charge in [-0.3, -0.25) is 0 Å². The van der Waals surface area contributed by atoms with E-state index in [1.807, 2.05) is 0 Å². The number of unbranched alkanes of at least 4 members (excludes halogenated alkanes) is 2. The number of hydrogen-bond acceptors (Lipinski definition) is 2. The van der Waals surface area contributed by atoms with Crippen molar-refractivity contribution in [3.05, 3.63) is 0 Å². The predicted molar refractivity (Wildman–Crippen MR) is 64.9 cm³/mol. The molecule has 0 aliphatic heterocycles. The first-order valence-electron chi connectivity index (χ1n) is 6.40. The molecule has 2 heteroatoms. The first-order valence-corrected chi connectivity index (χ1v) is 6.40. The molecule has 0 spiro atoms. The molecule has 0 radical (unpaired) electrons. The van der Waals surface area contributed by atoms with Crippen LogP contribution in [0.2, 0.25) is 0 Å². The van der Waals surface area contributed by atoms with E-state index in [0.717, 1.165) is 25.7 Å². The average molecular weight is 216 g/mol. The Hall–Kier alpha value is -0.0800. The molecule has 0 aromatic rings. The summed E-state index contributed by atoms with van der Waals surface area (Å²) in [4.78, 5) is 0. The van der Waals surface area contributed by atoms with E-state index in [2.05, 4.69) is 13.8 Å². The molecule has 0 saturated carbocycles. The minimum atomic E-state index is 0.307. The molecule has 15 heavy (non-hydrogen) atoms. The van der Waals surface area contributed by atoms with Gasteiger partial charge in [-0.1, -0.05) is 33.1 Å². The highest BCUT2D eigenvalue weighted by atomic mass is 16.3. The van der Waals surface area contributed by atoms with Crippen molar-refractivity contribution in [2.24, 2.45) is 5.41 Å². The molecule has 0 aromatic carbocycles. The van der Waals surface area contributed by atoms with E-state index in [1.54, 1.807) is 0 Å². The van der Waals surface area contributed by atoms with Crippen LogP contribution in [-0.4, -0.2) is 23.4 Å². The van der Waals surface area contributed by atoms with Gasteiger partial charge in [0.15, 0.2) is 0 Å². The Kier molecular flexibility index (Phi) is 9.12. The molecular weight excluding hydrogens is 188 g/mol. The first kappa shape index (κ1) is 14.9. The highest BCUT2D eigenvalue weighted by Gasteiger charge is 2.22. The molecule has 92 valence electrons. The van der Waals surface area contributed by atoms with E-state index < -0.39 is 0 Å². The van der Waals surface area contributed by atoms with Gasteiger partial charge in [0.2, 0.25) is 0 Å². The normalized spacial score (nSPS) is 15.2. The Morgan fingerprint density at radius 1 is 0.800 bits per heavy atom. The molecule has 0 heterocycles. The van der Waals surface area contributed by atoms with Crippen LogP contribution in [0.25, 0.3) is 0 Å². The van der Waals surface area contributed by atoms with E-state index in [9.17, 15) is 0 Å². The van der Waals surface area contributed by atoms with Crippen LogP contribution in [0.5, 0.6) is 0 Å². The lowest BCUT2D eigenvalue weighted by atomic mass is 9.76. The Balaban J connectivity index is 3.89. The van der Waals surface area contributed by atoms with Gasteiger partial charge >= 0.3 is 0 Å². The average Bonchev–Trinajstić information content (AvgIpc) is 2.24. The minimum Gasteiger partial charge on any atom is -0.396 e. The molecule has 0 bridgehead atoms. The van der Waals surface area contributed by atoms with Gasteiger partial charge in [-0.15, -0.1) is 0 Å². The second kappa shape index (κ2) is 9.17. The summed E-state index contributed by atoms with van der Waals surface area (Å²) in [7, 11) is 0. The largest absolute Gasteiger partial charge is 0.396 e. The summed E-state index contributed by atoms with van der Waals surface area (Å²) in [6.07, 6.45) is 9.04. The quantitative estimate of drug-likeness (QED) is 0.551.